The van der Waals surface area contributed by atoms with Crippen LogP contribution in [-0.4, -0.2) is 15.3 Å². The van der Waals surface area contributed by atoms with Crippen molar-refractivity contribution in [1.82, 2.24) is 9.38 Å². The van der Waals surface area contributed by atoms with Crippen molar-refractivity contribution in [1.29, 1.82) is 0 Å². The van der Waals surface area contributed by atoms with E-state index in [1.165, 1.54) is 30.3 Å². The van der Waals surface area contributed by atoms with E-state index in [0.717, 1.165) is 12.1 Å². The van der Waals surface area contributed by atoms with Gasteiger partial charge in [0, 0.05) is 29.8 Å². The summed E-state index contributed by atoms with van der Waals surface area (Å²) in [5.74, 6) is -1.39. The first kappa shape index (κ1) is 18.7. The van der Waals surface area contributed by atoms with Crippen molar-refractivity contribution in [3.63, 3.8) is 0 Å². The molecule has 1 amide bonds. The predicted octanol–water partition coefficient (Wildman–Crippen LogP) is 5.41. The lowest BCUT2D eigenvalue weighted by molar-refractivity contribution is -0.137. The number of nitrogens with zero attached hydrogens (tertiary/aromatic N) is 2. The molecular formula is C21H13F4N3O. The summed E-state index contributed by atoms with van der Waals surface area (Å²) in [4.78, 5) is 16.6. The second kappa shape index (κ2) is 7.05. The lowest BCUT2D eigenvalue weighted by Crippen LogP contribution is -2.13. The fourth-order valence-corrected chi connectivity index (χ4v) is 3.10. The highest BCUT2D eigenvalue weighted by atomic mass is 19.4. The van der Waals surface area contributed by atoms with Crippen LogP contribution in [0.2, 0.25) is 0 Å². The number of hydrogen-bond donors (Lipinski definition) is 1. The van der Waals surface area contributed by atoms with Crippen LogP contribution in [0.3, 0.4) is 0 Å². The Hall–Kier alpha value is -3.68. The monoisotopic (exact) mass is 399 g/mol. The van der Waals surface area contributed by atoms with Gasteiger partial charge in [0.15, 0.2) is 0 Å². The maximum absolute atomic E-state index is 14.6. The Morgan fingerprint density at radius 2 is 1.76 bits per heavy atom. The Bertz CT molecular complexity index is 1210. The van der Waals surface area contributed by atoms with Gasteiger partial charge in [0.05, 0.1) is 11.1 Å². The molecule has 0 unspecified atom stereocenters. The van der Waals surface area contributed by atoms with Gasteiger partial charge in [-0.3, -0.25) is 4.79 Å². The number of benzene rings is 2. The minimum Gasteiger partial charge on any atom is -0.322 e. The van der Waals surface area contributed by atoms with Gasteiger partial charge in [-0.05, 0) is 42.0 Å². The highest BCUT2D eigenvalue weighted by molar-refractivity contribution is 6.08. The number of fused-ring (bicyclic) bond motifs is 1. The van der Waals surface area contributed by atoms with Gasteiger partial charge in [0.25, 0.3) is 5.91 Å². The van der Waals surface area contributed by atoms with Gasteiger partial charge in [-0.25, -0.2) is 9.37 Å². The van der Waals surface area contributed by atoms with Crippen LogP contribution in [0, 0.1) is 5.82 Å². The van der Waals surface area contributed by atoms with E-state index in [0.29, 0.717) is 5.65 Å². The fraction of sp³-hybridized carbons (Fsp3) is 0.0476. The van der Waals surface area contributed by atoms with Crippen molar-refractivity contribution >= 4 is 17.2 Å². The largest absolute Gasteiger partial charge is 0.417 e. The molecule has 0 radical (unpaired) electrons. The lowest BCUT2D eigenvalue weighted by Gasteiger charge is -2.14. The topological polar surface area (TPSA) is 46.4 Å². The molecule has 4 nitrogen and oxygen atoms in total. The molecule has 8 heteroatoms. The van der Waals surface area contributed by atoms with Crippen LogP contribution < -0.4 is 5.32 Å². The molecule has 2 aromatic heterocycles. The van der Waals surface area contributed by atoms with Gasteiger partial charge in [-0.15, -0.1) is 0 Å². The first-order chi connectivity index (χ1) is 13.8. The fourth-order valence-electron chi connectivity index (χ4n) is 3.10. The summed E-state index contributed by atoms with van der Waals surface area (Å²) < 4.78 is 55.9. The molecule has 4 rings (SSSR count). The molecule has 0 bridgehead atoms. The zero-order chi connectivity index (χ0) is 20.6. The van der Waals surface area contributed by atoms with Crippen molar-refractivity contribution in [2.75, 3.05) is 5.32 Å². The van der Waals surface area contributed by atoms with Crippen molar-refractivity contribution in [3.8, 4) is 11.1 Å². The molecule has 0 atom stereocenters. The van der Waals surface area contributed by atoms with Crippen LogP contribution in [0.4, 0.5) is 23.2 Å². The molecule has 0 saturated carbocycles. The van der Waals surface area contributed by atoms with E-state index in [1.54, 1.807) is 35.1 Å². The molecule has 1 N–H and O–H groups in total. The molecule has 2 aromatic carbocycles. The molecule has 29 heavy (non-hydrogen) atoms. The van der Waals surface area contributed by atoms with Gasteiger partial charge >= 0.3 is 6.18 Å². The van der Waals surface area contributed by atoms with Crippen molar-refractivity contribution in [2.45, 2.75) is 6.18 Å². The van der Waals surface area contributed by atoms with Gasteiger partial charge in [-0.1, -0.05) is 18.2 Å². The summed E-state index contributed by atoms with van der Waals surface area (Å²) in [5, 5.41) is 2.55. The number of alkyl halides is 3. The predicted molar refractivity (Wildman–Crippen MR) is 100.0 cm³/mol. The zero-order valence-electron chi connectivity index (χ0n) is 14.7. The third kappa shape index (κ3) is 3.56. The van der Waals surface area contributed by atoms with Crippen LogP contribution in [-0.2, 0) is 6.18 Å². The van der Waals surface area contributed by atoms with Crippen LogP contribution in [0.5, 0.6) is 0 Å². The van der Waals surface area contributed by atoms with Crippen LogP contribution >= 0.6 is 0 Å². The Morgan fingerprint density at radius 3 is 2.52 bits per heavy atom. The van der Waals surface area contributed by atoms with E-state index in [4.69, 9.17) is 0 Å². The third-order valence-electron chi connectivity index (χ3n) is 4.41. The van der Waals surface area contributed by atoms with E-state index < -0.39 is 23.5 Å². The number of carbonyl (C=O) groups is 1. The number of rotatable bonds is 3. The minimum atomic E-state index is -4.61. The number of pyridine rings is 1. The summed E-state index contributed by atoms with van der Waals surface area (Å²) >= 11 is 0. The Morgan fingerprint density at radius 1 is 0.966 bits per heavy atom. The Labute approximate surface area is 162 Å². The van der Waals surface area contributed by atoms with Crippen molar-refractivity contribution in [2.24, 2.45) is 0 Å². The maximum atomic E-state index is 14.6. The molecule has 0 fully saturated rings. The second-order valence-corrected chi connectivity index (χ2v) is 6.27. The van der Waals surface area contributed by atoms with Gasteiger partial charge < -0.3 is 9.72 Å². The lowest BCUT2D eigenvalue weighted by atomic mass is 9.98. The molecule has 0 saturated heterocycles. The number of halogens is 4. The van der Waals surface area contributed by atoms with Gasteiger partial charge in [0.1, 0.15) is 11.5 Å². The van der Waals surface area contributed by atoms with Crippen LogP contribution in [0.15, 0.2) is 73.2 Å². The second-order valence-electron chi connectivity index (χ2n) is 6.27. The number of amides is 1. The van der Waals surface area contributed by atoms with Gasteiger partial charge in [0.2, 0.25) is 0 Å². The van der Waals surface area contributed by atoms with Crippen molar-refractivity contribution < 1.29 is 22.4 Å². The van der Waals surface area contributed by atoms with Crippen LogP contribution in [0.25, 0.3) is 16.8 Å². The standard InChI is InChI=1S/C21H13F4N3O/c22-18-12-13(27-20(29)16-5-3-10-28-11-9-26-19(16)28)7-8-15(18)14-4-1-2-6-17(14)21(23,24)25/h1-12H,(H,27,29). The Balaban J connectivity index is 1.65. The highest BCUT2D eigenvalue weighted by Gasteiger charge is 2.33. The number of nitrogens with one attached hydrogen (secondary N) is 1. The highest BCUT2D eigenvalue weighted by Crippen LogP contribution is 2.38. The molecule has 4 aromatic rings. The third-order valence-corrected chi connectivity index (χ3v) is 4.41. The molecule has 2 heterocycles. The average molecular weight is 399 g/mol. The van der Waals surface area contributed by atoms with Crippen molar-refractivity contribution in [3.05, 3.63) is 90.1 Å². The molecule has 0 aliphatic carbocycles. The van der Waals surface area contributed by atoms with Gasteiger partial charge in [-0.2, -0.15) is 13.2 Å². The number of aromatic nitrogens is 2. The summed E-state index contributed by atoms with van der Waals surface area (Å²) in [7, 11) is 0. The van der Waals surface area contributed by atoms with E-state index in [2.05, 4.69) is 10.3 Å². The van der Waals surface area contributed by atoms with E-state index >= 15 is 0 Å². The molecular weight excluding hydrogens is 386 g/mol. The van der Waals surface area contributed by atoms with Crippen LogP contribution in [0.1, 0.15) is 15.9 Å². The number of hydrogen-bond acceptors (Lipinski definition) is 2. The Kier molecular flexibility index (Phi) is 4.54. The summed E-state index contributed by atoms with van der Waals surface area (Å²) in [6.07, 6.45) is 0.335. The number of imidazole rings is 1. The minimum absolute atomic E-state index is 0.120. The first-order valence-electron chi connectivity index (χ1n) is 8.54. The first-order valence-corrected chi connectivity index (χ1v) is 8.54. The quantitative estimate of drug-likeness (QED) is 0.468. The molecule has 146 valence electrons. The van der Waals surface area contributed by atoms with E-state index in [1.807, 2.05) is 0 Å². The SMILES string of the molecule is O=C(Nc1ccc(-c2ccccc2C(F)(F)F)c(F)c1)c1cccn2ccnc12. The number of carbonyl (C=O) groups excluding carboxylic acids is 1. The molecule has 0 aliphatic rings. The summed E-state index contributed by atoms with van der Waals surface area (Å²) in [6, 6.07) is 11.6. The normalized spacial score (nSPS) is 11.6. The zero-order valence-corrected chi connectivity index (χ0v) is 14.7. The maximum Gasteiger partial charge on any atom is 0.417 e. The van der Waals surface area contributed by atoms with E-state index in [-0.39, 0.29) is 22.4 Å². The average Bonchev–Trinajstić information content (AvgIpc) is 3.16. The van der Waals surface area contributed by atoms with E-state index in [9.17, 15) is 22.4 Å². The smallest absolute Gasteiger partial charge is 0.322 e. The number of anilines is 1. The summed E-state index contributed by atoms with van der Waals surface area (Å²) in [5.41, 5.74) is -0.564. The summed E-state index contributed by atoms with van der Waals surface area (Å²) in [6.45, 7) is 0. The molecule has 0 aliphatic heterocycles. The molecule has 0 spiro atoms.